The van der Waals surface area contributed by atoms with Gasteiger partial charge in [0.25, 0.3) is 0 Å². The summed E-state index contributed by atoms with van der Waals surface area (Å²) in [5.74, 6) is -0.845. The van der Waals surface area contributed by atoms with Gasteiger partial charge in [-0.1, -0.05) is 11.6 Å². The van der Waals surface area contributed by atoms with Gasteiger partial charge in [0.15, 0.2) is 15.7 Å². The molecular weight excluding hydrogens is 475 g/mol. The Bertz CT molecular complexity index is 1010. The first-order chi connectivity index (χ1) is 15.0. The zero-order chi connectivity index (χ0) is 23.5. The second-order valence-electron chi connectivity index (χ2n) is 7.47. The van der Waals surface area contributed by atoms with Gasteiger partial charge >= 0.3 is 6.18 Å². The van der Waals surface area contributed by atoms with E-state index >= 15 is 0 Å². The highest BCUT2D eigenvalue weighted by Gasteiger charge is 2.37. The molecule has 0 saturated carbocycles. The van der Waals surface area contributed by atoms with Crippen molar-refractivity contribution < 1.29 is 31.1 Å². The van der Waals surface area contributed by atoms with E-state index in [-0.39, 0.29) is 28.5 Å². The topological polar surface area (TPSA) is 109 Å². The van der Waals surface area contributed by atoms with Gasteiger partial charge < -0.3 is 14.0 Å². The van der Waals surface area contributed by atoms with Gasteiger partial charge in [0, 0.05) is 38.8 Å². The van der Waals surface area contributed by atoms with Crippen LogP contribution in [0.3, 0.4) is 0 Å². The van der Waals surface area contributed by atoms with Crippen molar-refractivity contribution in [2.24, 2.45) is 0 Å². The van der Waals surface area contributed by atoms with E-state index in [1.54, 1.807) is 0 Å². The molecule has 0 bridgehead atoms. The molecule has 0 unspecified atom stereocenters. The summed E-state index contributed by atoms with van der Waals surface area (Å²) < 4.78 is 77.5. The van der Waals surface area contributed by atoms with Crippen LogP contribution in [0.15, 0.2) is 12.4 Å². The quantitative estimate of drug-likeness (QED) is 0.547. The number of rotatable bonds is 8. The molecule has 9 nitrogen and oxygen atoms in total. The van der Waals surface area contributed by atoms with Crippen LogP contribution in [0.4, 0.5) is 13.2 Å². The molecule has 32 heavy (non-hydrogen) atoms. The molecule has 1 saturated heterocycles. The first-order valence-corrected chi connectivity index (χ1v) is 11.9. The molecule has 0 aliphatic carbocycles. The molecule has 178 valence electrons. The molecule has 14 heteroatoms. The van der Waals surface area contributed by atoms with Crippen molar-refractivity contribution >= 4 is 21.4 Å². The molecule has 0 spiro atoms. The fourth-order valence-corrected chi connectivity index (χ4v) is 5.13. The number of nitrogens with zero attached hydrogens (tertiary/aromatic N) is 5. The predicted molar refractivity (Wildman–Crippen MR) is 108 cm³/mol. The van der Waals surface area contributed by atoms with Crippen molar-refractivity contribution in [1.29, 1.82) is 0 Å². The van der Waals surface area contributed by atoms with E-state index in [1.807, 2.05) is 0 Å². The van der Waals surface area contributed by atoms with E-state index in [0.717, 1.165) is 0 Å². The summed E-state index contributed by atoms with van der Waals surface area (Å²) in [6, 6.07) is -0.380. The summed E-state index contributed by atoms with van der Waals surface area (Å²) >= 11 is 5.78. The molecule has 1 aliphatic heterocycles. The maximum atomic E-state index is 13.2. The van der Waals surface area contributed by atoms with Gasteiger partial charge in [-0.25, -0.2) is 18.4 Å². The number of hydrogen-bond acceptors (Lipinski definition) is 8. The average Bonchev–Trinajstić information content (AvgIpc) is 3.10. The lowest BCUT2D eigenvalue weighted by Gasteiger charge is -2.27. The smallest absolute Gasteiger partial charge is 0.381 e. The Balaban J connectivity index is 1.90. The van der Waals surface area contributed by atoms with Crippen molar-refractivity contribution in [1.82, 2.24) is 24.7 Å². The number of sulfone groups is 1. The minimum Gasteiger partial charge on any atom is -0.381 e. The molecule has 2 atom stereocenters. The summed E-state index contributed by atoms with van der Waals surface area (Å²) in [6.45, 7) is 2.14. The maximum absolute atomic E-state index is 13.2. The van der Waals surface area contributed by atoms with Crippen molar-refractivity contribution in [3.8, 4) is 0 Å². The first kappa shape index (κ1) is 24.8. The molecule has 0 radical (unpaired) electrons. The molecule has 2 aromatic heterocycles. The molecule has 0 aromatic carbocycles. The van der Waals surface area contributed by atoms with Crippen molar-refractivity contribution in [2.45, 2.75) is 55.5 Å². The van der Waals surface area contributed by atoms with Gasteiger partial charge in [0.1, 0.15) is 29.9 Å². The van der Waals surface area contributed by atoms with Crippen LogP contribution >= 0.6 is 11.6 Å². The van der Waals surface area contributed by atoms with Gasteiger partial charge in [0.05, 0.1) is 10.3 Å². The third-order valence-corrected chi connectivity index (χ3v) is 7.46. The second-order valence-corrected chi connectivity index (χ2v) is 10.3. The summed E-state index contributed by atoms with van der Waals surface area (Å²) in [5.41, 5.74) is 0. The Kier molecular flexibility index (Phi) is 7.73. The minimum absolute atomic E-state index is 0.0464. The molecule has 2 aromatic rings. The number of halogens is 4. The van der Waals surface area contributed by atoms with E-state index < -0.39 is 39.5 Å². The van der Waals surface area contributed by atoms with Crippen molar-refractivity contribution in [3.05, 3.63) is 34.9 Å². The highest BCUT2D eigenvalue weighted by atomic mass is 35.5. The highest BCUT2D eigenvalue weighted by molar-refractivity contribution is 7.91. The Morgan fingerprint density at radius 1 is 1.22 bits per heavy atom. The van der Waals surface area contributed by atoms with Gasteiger partial charge in [-0.05, 0) is 19.8 Å². The van der Waals surface area contributed by atoms with Gasteiger partial charge in [-0.15, -0.1) is 10.2 Å². The lowest BCUT2D eigenvalue weighted by molar-refractivity contribution is -0.129. The van der Waals surface area contributed by atoms with Crippen LogP contribution in [0.5, 0.6) is 0 Å². The van der Waals surface area contributed by atoms with Crippen LogP contribution < -0.4 is 0 Å². The molecule has 3 rings (SSSR count). The maximum Gasteiger partial charge on any atom is 0.396 e. The van der Waals surface area contributed by atoms with Crippen molar-refractivity contribution in [3.63, 3.8) is 0 Å². The number of aromatic nitrogens is 5. The monoisotopic (exact) mass is 497 g/mol. The molecule has 3 heterocycles. The van der Waals surface area contributed by atoms with Crippen molar-refractivity contribution in [2.75, 3.05) is 20.3 Å². The van der Waals surface area contributed by atoms with Gasteiger partial charge in [0.2, 0.25) is 0 Å². The lowest BCUT2D eigenvalue weighted by atomic mass is 10.1. The molecule has 1 fully saturated rings. The van der Waals surface area contributed by atoms with Crippen LogP contribution in [0.1, 0.15) is 49.4 Å². The van der Waals surface area contributed by atoms with E-state index in [4.69, 9.17) is 21.1 Å². The lowest BCUT2D eigenvalue weighted by Crippen LogP contribution is -2.31. The third kappa shape index (κ3) is 5.94. The van der Waals surface area contributed by atoms with Crippen LogP contribution in [-0.2, 0) is 31.5 Å². The molecular formula is C18H23ClF3N5O4S. The largest absolute Gasteiger partial charge is 0.396 e. The number of hydrogen-bond donors (Lipinski definition) is 0. The summed E-state index contributed by atoms with van der Waals surface area (Å²) in [7, 11) is -2.63. The average molecular weight is 498 g/mol. The zero-order valence-electron chi connectivity index (χ0n) is 17.4. The van der Waals surface area contributed by atoms with Crippen LogP contribution in [-0.4, -0.2) is 64.9 Å². The van der Waals surface area contributed by atoms with Crippen LogP contribution in [0.25, 0.3) is 0 Å². The molecule has 0 N–H and O–H groups in total. The highest BCUT2D eigenvalue weighted by Crippen LogP contribution is 2.30. The fraction of sp³-hybridized carbons (Fsp3) is 0.667. The van der Waals surface area contributed by atoms with Crippen LogP contribution in [0, 0.1) is 0 Å². The van der Waals surface area contributed by atoms with E-state index in [1.165, 1.54) is 31.0 Å². The molecule has 1 aliphatic rings. The van der Waals surface area contributed by atoms with Gasteiger partial charge in [-0.3, -0.25) is 0 Å². The molecule has 0 amide bonds. The SMILES string of the molecule is CO[C@H](c1ncc(Cl)cn1)[C@H](C)S(=O)(=O)Cc1nnc(CC(F)(F)F)n1C1CCOCC1. The first-order valence-electron chi connectivity index (χ1n) is 9.81. The van der Waals surface area contributed by atoms with E-state index in [9.17, 15) is 21.6 Å². The Morgan fingerprint density at radius 2 is 1.81 bits per heavy atom. The third-order valence-electron chi connectivity index (χ3n) is 5.22. The second kappa shape index (κ2) is 9.98. The standard InChI is InChI=1S/C18H23ClF3N5O4S/c1-11(16(30-2)17-23-8-12(19)9-24-17)32(28,29)10-15-26-25-14(7-18(20,21)22)27(15)13-3-5-31-6-4-13/h8-9,11,13,16H,3-7,10H2,1-2H3/t11-,16-/m0/s1. The summed E-state index contributed by atoms with van der Waals surface area (Å²) in [4.78, 5) is 8.04. The number of alkyl halides is 3. The fourth-order valence-electron chi connectivity index (χ4n) is 3.60. The zero-order valence-corrected chi connectivity index (χ0v) is 19.0. The number of ether oxygens (including phenoxy) is 2. The van der Waals surface area contributed by atoms with Crippen LogP contribution in [0.2, 0.25) is 5.02 Å². The Hall–Kier alpha value is -1.83. The number of methoxy groups -OCH3 is 1. The van der Waals surface area contributed by atoms with E-state index in [2.05, 4.69) is 20.2 Å². The predicted octanol–water partition coefficient (Wildman–Crippen LogP) is 2.87. The Labute approximate surface area is 188 Å². The Morgan fingerprint density at radius 3 is 2.38 bits per heavy atom. The van der Waals surface area contributed by atoms with Gasteiger partial charge in [-0.2, -0.15) is 13.2 Å². The summed E-state index contributed by atoms with van der Waals surface area (Å²) in [5, 5.41) is 6.65. The summed E-state index contributed by atoms with van der Waals surface area (Å²) in [6.07, 6.45) is -3.30. The minimum atomic E-state index is -4.51. The van der Waals surface area contributed by atoms with E-state index in [0.29, 0.717) is 26.1 Å². The normalized spacial score (nSPS) is 17.9.